The number of thioether (sulfide) groups is 1. The summed E-state index contributed by atoms with van der Waals surface area (Å²) < 4.78 is 10.4. The van der Waals surface area contributed by atoms with Crippen molar-refractivity contribution in [2.45, 2.75) is 31.1 Å². The van der Waals surface area contributed by atoms with Gasteiger partial charge in [0.1, 0.15) is 0 Å². The summed E-state index contributed by atoms with van der Waals surface area (Å²) >= 11 is 1.90. The van der Waals surface area contributed by atoms with Gasteiger partial charge in [0.05, 0.1) is 10.9 Å². The molecule has 0 saturated carbocycles. The Morgan fingerprint density at radius 2 is 2.00 bits per heavy atom. The van der Waals surface area contributed by atoms with Crippen LogP contribution in [0.25, 0.3) is 0 Å². The highest BCUT2D eigenvalue weighted by atomic mass is 32.2. The van der Waals surface area contributed by atoms with Crippen molar-refractivity contribution in [3.8, 4) is 0 Å². The topological polar surface area (TPSA) is 30.5 Å². The van der Waals surface area contributed by atoms with Crippen molar-refractivity contribution in [1.29, 1.82) is 0 Å². The first-order chi connectivity index (χ1) is 5.59. The minimum Gasteiger partial charge on any atom is -0.354 e. The number of ether oxygens (including phenoxy) is 2. The van der Waals surface area contributed by atoms with E-state index in [4.69, 9.17) is 9.47 Å². The van der Waals surface area contributed by atoms with Crippen LogP contribution in [0.15, 0.2) is 0 Å². The van der Waals surface area contributed by atoms with Gasteiger partial charge < -0.3 is 9.47 Å². The van der Waals surface area contributed by atoms with Gasteiger partial charge >= 0.3 is 0 Å². The first-order valence-corrected chi connectivity index (χ1v) is 5.05. The van der Waals surface area contributed by atoms with Crippen molar-refractivity contribution >= 4 is 11.8 Å². The predicted molar refractivity (Wildman–Crippen MR) is 51.3 cm³/mol. The number of nitrogens with one attached hydrogen (secondary N) is 1. The molecule has 0 aromatic heterocycles. The number of hydrogen-bond donors (Lipinski definition) is 1. The molecule has 0 aromatic rings. The number of hydrogen-bond acceptors (Lipinski definition) is 4. The molecule has 0 spiro atoms. The summed E-state index contributed by atoms with van der Waals surface area (Å²) in [6.45, 7) is 4.33. The summed E-state index contributed by atoms with van der Waals surface area (Å²) in [5, 5.41) is 3.45. The highest BCUT2D eigenvalue weighted by Crippen LogP contribution is 2.30. The predicted octanol–water partition coefficient (Wildman–Crippen LogP) is 1.05. The van der Waals surface area contributed by atoms with Crippen LogP contribution in [0.4, 0.5) is 0 Å². The molecule has 1 heterocycles. The van der Waals surface area contributed by atoms with Gasteiger partial charge in [-0.3, -0.25) is 5.32 Å². The molecule has 1 saturated heterocycles. The van der Waals surface area contributed by atoms with Gasteiger partial charge in [0.25, 0.3) is 0 Å². The molecule has 1 N–H and O–H groups in total. The first kappa shape index (κ1) is 10.3. The van der Waals surface area contributed by atoms with Gasteiger partial charge in [-0.1, -0.05) is 0 Å². The minimum absolute atomic E-state index is 0.126. The van der Waals surface area contributed by atoms with Crippen LogP contribution in [-0.4, -0.2) is 37.2 Å². The summed E-state index contributed by atoms with van der Waals surface area (Å²) in [6, 6.07) is 0.306. The summed E-state index contributed by atoms with van der Waals surface area (Å²) in [7, 11) is 3.34. The Labute approximate surface area is 78.2 Å². The minimum atomic E-state index is -0.126. The molecule has 0 amide bonds. The second-order valence-corrected chi connectivity index (χ2v) is 5.05. The fourth-order valence-corrected chi connectivity index (χ4v) is 2.47. The Kier molecular flexibility index (Phi) is 3.40. The van der Waals surface area contributed by atoms with E-state index in [1.165, 1.54) is 0 Å². The molecule has 1 unspecified atom stereocenters. The lowest BCUT2D eigenvalue weighted by Crippen LogP contribution is -2.45. The normalized spacial score (nSPS) is 28.2. The molecular weight excluding hydrogens is 174 g/mol. The SMILES string of the molecule is COC(OC)C1CSC(C)(C)N1. The lowest BCUT2D eigenvalue weighted by molar-refractivity contribution is -0.118. The molecule has 0 radical (unpaired) electrons. The molecule has 12 heavy (non-hydrogen) atoms. The molecule has 0 aliphatic carbocycles. The Morgan fingerprint density at radius 1 is 1.42 bits per heavy atom. The summed E-state index contributed by atoms with van der Waals surface area (Å²) in [5.41, 5.74) is 0. The second kappa shape index (κ2) is 3.96. The van der Waals surface area contributed by atoms with Gasteiger partial charge in [-0.05, 0) is 13.8 Å². The Balaban J connectivity index is 2.45. The van der Waals surface area contributed by atoms with Gasteiger partial charge in [-0.15, -0.1) is 11.8 Å². The van der Waals surface area contributed by atoms with E-state index in [2.05, 4.69) is 19.2 Å². The van der Waals surface area contributed by atoms with E-state index in [0.717, 1.165) is 5.75 Å². The van der Waals surface area contributed by atoms with Crippen molar-refractivity contribution in [1.82, 2.24) is 5.32 Å². The summed E-state index contributed by atoms with van der Waals surface area (Å²) in [6.07, 6.45) is -0.126. The van der Waals surface area contributed by atoms with Crippen LogP contribution in [0.5, 0.6) is 0 Å². The van der Waals surface area contributed by atoms with Gasteiger partial charge in [0.2, 0.25) is 0 Å². The van der Waals surface area contributed by atoms with Gasteiger partial charge in [0.15, 0.2) is 6.29 Å². The van der Waals surface area contributed by atoms with E-state index >= 15 is 0 Å². The van der Waals surface area contributed by atoms with Crippen molar-refractivity contribution < 1.29 is 9.47 Å². The van der Waals surface area contributed by atoms with E-state index < -0.39 is 0 Å². The maximum atomic E-state index is 5.18. The third kappa shape index (κ3) is 2.36. The van der Waals surface area contributed by atoms with Crippen molar-refractivity contribution in [2.24, 2.45) is 0 Å². The number of rotatable bonds is 3. The zero-order valence-corrected chi connectivity index (χ0v) is 8.90. The standard InChI is InChI=1S/C8H17NO2S/c1-8(2)9-6(5-12-8)7(10-3)11-4/h6-7,9H,5H2,1-4H3. The van der Waals surface area contributed by atoms with Gasteiger partial charge in [-0.25, -0.2) is 0 Å². The molecular formula is C8H17NO2S. The Bertz CT molecular complexity index is 148. The Morgan fingerprint density at radius 3 is 2.33 bits per heavy atom. The number of methoxy groups -OCH3 is 2. The van der Waals surface area contributed by atoms with Crippen LogP contribution in [0.3, 0.4) is 0 Å². The zero-order chi connectivity index (χ0) is 9.19. The lowest BCUT2D eigenvalue weighted by Gasteiger charge is -2.23. The molecule has 72 valence electrons. The van der Waals surface area contributed by atoms with Crippen LogP contribution in [0.1, 0.15) is 13.8 Å². The average molecular weight is 191 g/mol. The smallest absolute Gasteiger partial charge is 0.172 e. The molecule has 3 nitrogen and oxygen atoms in total. The highest BCUT2D eigenvalue weighted by Gasteiger charge is 2.35. The monoisotopic (exact) mass is 191 g/mol. The summed E-state index contributed by atoms with van der Waals surface area (Å²) in [4.78, 5) is 0.153. The van der Waals surface area contributed by atoms with Gasteiger partial charge in [-0.2, -0.15) is 0 Å². The van der Waals surface area contributed by atoms with Crippen LogP contribution in [0.2, 0.25) is 0 Å². The van der Waals surface area contributed by atoms with E-state index in [1.54, 1.807) is 14.2 Å². The maximum Gasteiger partial charge on any atom is 0.172 e. The van der Waals surface area contributed by atoms with E-state index in [1.807, 2.05) is 11.8 Å². The highest BCUT2D eigenvalue weighted by molar-refractivity contribution is 8.00. The fraction of sp³-hybridized carbons (Fsp3) is 1.00. The lowest BCUT2D eigenvalue weighted by atomic mass is 10.3. The van der Waals surface area contributed by atoms with Crippen LogP contribution in [-0.2, 0) is 9.47 Å². The molecule has 1 fully saturated rings. The largest absolute Gasteiger partial charge is 0.354 e. The van der Waals surface area contributed by atoms with E-state index in [0.29, 0.717) is 6.04 Å². The maximum absolute atomic E-state index is 5.18. The van der Waals surface area contributed by atoms with Crippen LogP contribution >= 0.6 is 11.8 Å². The third-order valence-electron chi connectivity index (χ3n) is 1.95. The molecule has 0 bridgehead atoms. The molecule has 1 aliphatic heterocycles. The average Bonchev–Trinajstić information content (AvgIpc) is 2.34. The summed E-state index contributed by atoms with van der Waals surface area (Å²) in [5.74, 6) is 1.04. The first-order valence-electron chi connectivity index (χ1n) is 4.06. The fourth-order valence-electron chi connectivity index (χ4n) is 1.40. The quantitative estimate of drug-likeness (QED) is 0.675. The van der Waals surface area contributed by atoms with E-state index in [9.17, 15) is 0 Å². The molecule has 4 heteroatoms. The third-order valence-corrected chi connectivity index (χ3v) is 3.32. The second-order valence-electron chi connectivity index (χ2n) is 3.41. The van der Waals surface area contributed by atoms with Crippen molar-refractivity contribution in [3.05, 3.63) is 0 Å². The van der Waals surface area contributed by atoms with Crippen molar-refractivity contribution in [2.75, 3.05) is 20.0 Å². The van der Waals surface area contributed by atoms with Crippen LogP contribution < -0.4 is 5.32 Å². The molecule has 1 atom stereocenters. The van der Waals surface area contributed by atoms with Crippen LogP contribution in [0, 0.1) is 0 Å². The Hall–Kier alpha value is 0.230. The molecule has 0 aromatic carbocycles. The van der Waals surface area contributed by atoms with Gasteiger partial charge in [0, 0.05) is 20.0 Å². The molecule has 1 rings (SSSR count). The zero-order valence-electron chi connectivity index (χ0n) is 8.09. The van der Waals surface area contributed by atoms with Crippen molar-refractivity contribution in [3.63, 3.8) is 0 Å². The molecule has 1 aliphatic rings. The van der Waals surface area contributed by atoms with E-state index in [-0.39, 0.29) is 11.2 Å².